The quantitative estimate of drug-likeness (QED) is 0.784. The van der Waals surface area contributed by atoms with Crippen LogP contribution in [0.1, 0.15) is 11.3 Å². The van der Waals surface area contributed by atoms with Gasteiger partial charge >= 0.3 is 5.97 Å². The van der Waals surface area contributed by atoms with Gasteiger partial charge < -0.3 is 9.84 Å². The molecule has 2 aromatic heterocycles. The number of fused-ring (bicyclic) bond motifs is 1. The molecule has 5 nitrogen and oxygen atoms in total. The van der Waals surface area contributed by atoms with Crippen LogP contribution in [-0.4, -0.2) is 20.5 Å². The van der Waals surface area contributed by atoms with Gasteiger partial charge in [0.2, 0.25) is 0 Å². The van der Waals surface area contributed by atoms with Crippen LogP contribution < -0.4 is 4.74 Å². The van der Waals surface area contributed by atoms with Crippen molar-refractivity contribution >= 4 is 22.3 Å². The lowest BCUT2D eigenvalue weighted by Gasteiger charge is -2.08. The van der Waals surface area contributed by atoms with E-state index in [1.807, 2.05) is 28.2 Å². The van der Waals surface area contributed by atoms with Crippen molar-refractivity contribution in [3.05, 3.63) is 53.3 Å². The average Bonchev–Trinajstić information content (AvgIpc) is 2.97. The van der Waals surface area contributed by atoms with E-state index in [0.29, 0.717) is 17.9 Å². The Labute approximate surface area is 119 Å². The standard InChI is InChI=1S/C14H12N2O3S/c17-13(18)7-10-3-1-2-4-12(10)19-9-11-8-16-5-6-20-14(16)15-11/h1-6,8H,7,9H2,(H,17,18). The van der Waals surface area contributed by atoms with Crippen LogP contribution in [0.3, 0.4) is 0 Å². The van der Waals surface area contributed by atoms with Crippen LogP contribution in [0, 0.1) is 0 Å². The number of hydrogen-bond acceptors (Lipinski definition) is 4. The van der Waals surface area contributed by atoms with Gasteiger partial charge in [0.1, 0.15) is 12.4 Å². The van der Waals surface area contributed by atoms with Crippen LogP contribution in [-0.2, 0) is 17.8 Å². The van der Waals surface area contributed by atoms with E-state index in [1.54, 1.807) is 29.5 Å². The number of aliphatic carboxylic acids is 1. The van der Waals surface area contributed by atoms with Gasteiger partial charge in [-0.3, -0.25) is 9.20 Å². The van der Waals surface area contributed by atoms with Crippen molar-refractivity contribution < 1.29 is 14.6 Å². The van der Waals surface area contributed by atoms with Crippen molar-refractivity contribution in [2.75, 3.05) is 0 Å². The summed E-state index contributed by atoms with van der Waals surface area (Å²) in [5.74, 6) is -0.283. The monoisotopic (exact) mass is 288 g/mol. The van der Waals surface area contributed by atoms with Crippen LogP contribution in [0.5, 0.6) is 5.75 Å². The van der Waals surface area contributed by atoms with Gasteiger partial charge in [0.15, 0.2) is 4.96 Å². The third-order valence-corrected chi connectivity index (χ3v) is 3.60. The maximum atomic E-state index is 10.8. The second kappa shape index (κ2) is 5.34. The summed E-state index contributed by atoms with van der Waals surface area (Å²) in [6.07, 6.45) is 3.80. The SMILES string of the molecule is O=C(O)Cc1ccccc1OCc1cn2ccsc2n1. The highest BCUT2D eigenvalue weighted by Crippen LogP contribution is 2.20. The van der Waals surface area contributed by atoms with E-state index in [1.165, 1.54) is 0 Å². The van der Waals surface area contributed by atoms with E-state index < -0.39 is 5.97 Å². The second-order valence-corrected chi connectivity index (χ2v) is 5.17. The van der Waals surface area contributed by atoms with Gasteiger partial charge in [0.25, 0.3) is 0 Å². The van der Waals surface area contributed by atoms with E-state index in [2.05, 4.69) is 4.98 Å². The van der Waals surface area contributed by atoms with Gasteiger partial charge in [0.05, 0.1) is 12.1 Å². The zero-order valence-electron chi connectivity index (χ0n) is 10.5. The summed E-state index contributed by atoms with van der Waals surface area (Å²) in [5.41, 5.74) is 1.49. The third kappa shape index (κ3) is 2.65. The molecule has 0 saturated heterocycles. The maximum absolute atomic E-state index is 10.8. The topological polar surface area (TPSA) is 63.8 Å². The number of carboxylic acid groups (broad SMARTS) is 1. The molecule has 0 radical (unpaired) electrons. The Morgan fingerprint density at radius 2 is 2.25 bits per heavy atom. The fourth-order valence-corrected chi connectivity index (χ4v) is 2.67. The number of thiazole rings is 1. The number of carbonyl (C=O) groups is 1. The molecule has 20 heavy (non-hydrogen) atoms. The maximum Gasteiger partial charge on any atom is 0.307 e. The molecule has 3 aromatic rings. The minimum absolute atomic E-state index is 0.0472. The van der Waals surface area contributed by atoms with Gasteiger partial charge in [-0.1, -0.05) is 18.2 Å². The molecule has 2 heterocycles. The molecule has 1 N–H and O–H groups in total. The van der Waals surface area contributed by atoms with Crippen molar-refractivity contribution in [2.24, 2.45) is 0 Å². The van der Waals surface area contributed by atoms with Crippen LogP contribution >= 0.6 is 11.3 Å². The van der Waals surface area contributed by atoms with Crippen LogP contribution in [0.4, 0.5) is 0 Å². The fourth-order valence-electron chi connectivity index (χ4n) is 1.95. The number of ether oxygens (including phenoxy) is 1. The lowest BCUT2D eigenvalue weighted by atomic mass is 10.1. The molecule has 0 aliphatic heterocycles. The summed E-state index contributed by atoms with van der Waals surface area (Å²) in [4.78, 5) is 16.1. The van der Waals surface area contributed by atoms with Gasteiger partial charge in [0, 0.05) is 23.3 Å². The molecule has 0 bridgehead atoms. The first-order chi connectivity index (χ1) is 9.72. The number of hydrogen-bond donors (Lipinski definition) is 1. The number of para-hydroxylation sites is 1. The molecular formula is C14H12N2O3S. The zero-order chi connectivity index (χ0) is 13.9. The van der Waals surface area contributed by atoms with Gasteiger partial charge in [-0.05, 0) is 6.07 Å². The highest BCUT2D eigenvalue weighted by Gasteiger charge is 2.09. The van der Waals surface area contributed by atoms with Gasteiger partial charge in [-0.2, -0.15) is 0 Å². The Balaban J connectivity index is 1.74. The molecule has 3 rings (SSSR count). The highest BCUT2D eigenvalue weighted by molar-refractivity contribution is 7.15. The highest BCUT2D eigenvalue weighted by atomic mass is 32.1. The molecule has 102 valence electrons. The van der Waals surface area contributed by atoms with Crippen molar-refractivity contribution in [1.82, 2.24) is 9.38 Å². The van der Waals surface area contributed by atoms with Gasteiger partial charge in [-0.25, -0.2) is 4.98 Å². The molecule has 6 heteroatoms. The van der Waals surface area contributed by atoms with Crippen LogP contribution in [0.25, 0.3) is 4.96 Å². The molecule has 0 saturated carbocycles. The zero-order valence-corrected chi connectivity index (χ0v) is 11.3. The van der Waals surface area contributed by atoms with E-state index >= 15 is 0 Å². The van der Waals surface area contributed by atoms with Crippen molar-refractivity contribution in [2.45, 2.75) is 13.0 Å². The minimum atomic E-state index is -0.872. The molecule has 0 unspecified atom stereocenters. The van der Waals surface area contributed by atoms with Crippen LogP contribution in [0.2, 0.25) is 0 Å². The van der Waals surface area contributed by atoms with E-state index in [4.69, 9.17) is 9.84 Å². The minimum Gasteiger partial charge on any atom is -0.487 e. The third-order valence-electron chi connectivity index (χ3n) is 2.83. The first-order valence-electron chi connectivity index (χ1n) is 6.06. The van der Waals surface area contributed by atoms with Crippen molar-refractivity contribution in [1.29, 1.82) is 0 Å². The molecular weight excluding hydrogens is 276 g/mol. The predicted octanol–water partition coefficient (Wildman–Crippen LogP) is 2.60. The molecule has 0 aliphatic rings. The van der Waals surface area contributed by atoms with Crippen LogP contribution in [0.15, 0.2) is 42.0 Å². The molecule has 0 amide bonds. The molecule has 0 atom stereocenters. The Hall–Kier alpha value is -2.34. The summed E-state index contributed by atoms with van der Waals surface area (Å²) < 4.78 is 7.63. The Kier molecular flexibility index (Phi) is 3.39. The smallest absolute Gasteiger partial charge is 0.307 e. The summed E-state index contributed by atoms with van der Waals surface area (Å²) in [7, 11) is 0. The van der Waals surface area contributed by atoms with E-state index in [-0.39, 0.29) is 6.42 Å². The van der Waals surface area contributed by atoms with Gasteiger partial charge in [-0.15, -0.1) is 11.3 Å². The number of imidazole rings is 1. The number of carboxylic acids is 1. The Morgan fingerprint density at radius 3 is 3.05 bits per heavy atom. The molecule has 0 spiro atoms. The summed E-state index contributed by atoms with van der Waals surface area (Å²) in [6.45, 7) is 0.324. The molecule has 0 fully saturated rings. The largest absolute Gasteiger partial charge is 0.487 e. The predicted molar refractivity (Wildman–Crippen MR) is 75.2 cm³/mol. The molecule has 0 aliphatic carbocycles. The first kappa shape index (κ1) is 12.7. The molecule has 1 aromatic carbocycles. The number of rotatable bonds is 5. The number of nitrogens with zero attached hydrogens (tertiary/aromatic N) is 2. The summed E-state index contributed by atoms with van der Waals surface area (Å²) in [5, 5.41) is 10.8. The number of benzene rings is 1. The lowest BCUT2D eigenvalue weighted by Crippen LogP contribution is -2.04. The Morgan fingerprint density at radius 1 is 1.40 bits per heavy atom. The number of aromatic nitrogens is 2. The lowest BCUT2D eigenvalue weighted by molar-refractivity contribution is -0.136. The van der Waals surface area contributed by atoms with Crippen molar-refractivity contribution in [3.8, 4) is 5.75 Å². The van der Waals surface area contributed by atoms with E-state index in [9.17, 15) is 4.79 Å². The Bertz CT molecular complexity index is 719. The van der Waals surface area contributed by atoms with Crippen molar-refractivity contribution in [3.63, 3.8) is 0 Å². The normalized spacial score (nSPS) is 10.8. The average molecular weight is 288 g/mol. The summed E-state index contributed by atoms with van der Waals surface area (Å²) >= 11 is 1.56. The fraction of sp³-hybridized carbons (Fsp3) is 0.143. The summed E-state index contributed by atoms with van der Waals surface area (Å²) in [6, 6.07) is 7.16. The second-order valence-electron chi connectivity index (χ2n) is 4.29. The van der Waals surface area contributed by atoms with E-state index in [0.717, 1.165) is 10.7 Å². The first-order valence-corrected chi connectivity index (χ1v) is 6.94.